The van der Waals surface area contributed by atoms with Crippen LogP contribution >= 0.6 is 0 Å². The number of benzene rings is 3. The number of hydrogen-bond acceptors (Lipinski definition) is 4. The van der Waals surface area contributed by atoms with Crippen LogP contribution in [0.1, 0.15) is 37.5 Å². The van der Waals surface area contributed by atoms with Crippen LogP contribution in [0.3, 0.4) is 0 Å². The first-order chi connectivity index (χ1) is 15.8. The summed E-state index contributed by atoms with van der Waals surface area (Å²) in [6, 6.07) is 28.4. The van der Waals surface area contributed by atoms with Crippen LogP contribution in [-0.2, 0) is 19.9 Å². The van der Waals surface area contributed by atoms with Crippen LogP contribution in [0, 0.1) is 5.41 Å². The van der Waals surface area contributed by atoms with Gasteiger partial charge in [0.05, 0.1) is 11.6 Å². The molecule has 1 aliphatic heterocycles. The van der Waals surface area contributed by atoms with Gasteiger partial charge >= 0.3 is 0 Å². The van der Waals surface area contributed by atoms with Crippen molar-refractivity contribution in [2.24, 2.45) is 5.41 Å². The van der Waals surface area contributed by atoms with E-state index in [2.05, 4.69) is 10.6 Å². The van der Waals surface area contributed by atoms with Gasteiger partial charge in [-0.25, -0.2) is 0 Å². The highest BCUT2D eigenvalue weighted by Gasteiger charge is 2.57. The summed E-state index contributed by atoms with van der Waals surface area (Å²) in [5, 5.41) is 6.44. The molecule has 0 spiro atoms. The standard InChI is InChI=1S/C28H28N2O3/c1-19(31)27(3,20(2)32)25-24(26(33)29-25)30-28(21-13-7-4-8-14-21,22-15-9-5-10-16-22)23-17-11-6-12-18-23/h4-18,24-25,30H,1-3H3,(H,29,33). The lowest BCUT2D eigenvalue weighted by Gasteiger charge is -2.50. The topological polar surface area (TPSA) is 75.3 Å². The van der Waals surface area contributed by atoms with Crippen molar-refractivity contribution < 1.29 is 14.4 Å². The highest BCUT2D eigenvalue weighted by molar-refractivity contribution is 6.08. The molecule has 1 aliphatic rings. The van der Waals surface area contributed by atoms with E-state index in [1.807, 2.05) is 91.0 Å². The van der Waals surface area contributed by atoms with Gasteiger partial charge in [-0.05, 0) is 37.5 Å². The van der Waals surface area contributed by atoms with E-state index in [1.165, 1.54) is 13.8 Å². The molecule has 0 saturated carbocycles. The third kappa shape index (κ3) is 3.68. The lowest BCUT2D eigenvalue weighted by atomic mass is 9.67. The first-order valence-corrected chi connectivity index (χ1v) is 11.1. The van der Waals surface area contributed by atoms with E-state index in [0.717, 1.165) is 16.7 Å². The molecule has 5 nitrogen and oxygen atoms in total. The fourth-order valence-electron chi connectivity index (χ4n) is 4.74. The lowest BCUT2D eigenvalue weighted by Crippen LogP contribution is -2.77. The van der Waals surface area contributed by atoms with Gasteiger partial charge in [0, 0.05) is 0 Å². The van der Waals surface area contributed by atoms with Gasteiger partial charge < -0.3 is 5.32 Å². The number of β-lactam (4-membered cyclic amide) rings is 1. The van der Waals surface area contributed by atoms with Crippen molar-refractivity contribution in [1.82, 2.24) is 10.6 Å². The van der Waals surface area contributed by atoms with Crippen molar-refractivity contribution in [1.29, 1.82) is 0 Å². The van der Waals surface area contributed by atoms with Crippen LogP contribution in [0.25, 0.3) is 0 Å². The number of carbonyl (C=O) groups is 3. The van der Waals surface area contributed by atoms with E-state index < -0.39 is 23.0 Å². The van der Waals surface area contributed by atoms with E-state index in [-0.39, 0.29) is 17.5 Å². The predicted octanol–water partition coefficient (Wildman–Crippen LogP) is 3.62. The van der Waals surface area contributed by atoms with Gasteiger partial charge in [0.2, 0.25) is 5.91 Å². The molecule has 168 valence electrons. The molecule has 0 aromatic heterocycles. The molecule has 1 saturated heterocycles. The molecule has 2 unspecified atom stereocenters. The number of hydrogen-bond donors (Lipinski definition) is 2. The molecular formula is C28H28N2O3. The summed E-state index contributed by atoms with van der Waals surface area (Å²) in [6.45, 7) is 4.43. The molecule has 3 aromatic carbocycles. The molecule has 3 aromatic rings. The third-order valence-corrected chi connectivity index (χ3v) is 6.99. The quantitative estimate of drug-likeness (QED) is 0.319. The monoisotopic (exact) mass is 440 g/mol. The van der Waals surface area contributed by atoms with Crippen molar-refractivity contribution in [2.75, 3.05) is 0 Å². The summed E-state index contributed by atoms with van der Waals surface area (Å²) in [5.41, 5.74) is 0.662. The minimum absolute atomic E-state index is 0.235. The van der Waals surface area contributed by atoms with E-state index in [1.54, 1.807) is 6.92 Å². The Morgan fingerprint density at radius 3 is 1.39 bits per heavy atom. The van der Waals surface area contributed by atoms with Gasteiger partial charge in [-0.1, -0.05) is 91.0 Å². The molecule has 5 heteroatoms. The van der Waals surface area contributed by atoms with Gasteiger partial charge in [-0.2, -0.15) is 0 Å². The van der Waals surface area contributed by atoms with Crippen molar-refractivity contribution in [3.8, 4) is 0 Å². The number of nitrogens with one attached hydrogen (secondary N) is 2. The average Bonchev–Trinajstić information content (AvgIpc) is 2.84. The second kappa shape index (κ2) is 8.75. The lowest BCUT2D eigenvalue weighted by molar-refractivity contribution is -0.148. The van der Waals surface area contributed by atoms with Crippen LogP contribution in [0.15, 0.2) is 91.0 Å². The first kappa shape index (κ1) is 22.6. The Labute approximate surface area is 194 Å². The maximum absolute atomic E-state index is 12.9. The van der Waals surface area contributed by atoms with Crippen LogP contribution in [-0.4, -0.2) is 29.6 Å². The van der Waals surface area contributed by atoms with Crippen LogP contribution in [0.5, 0.6) is 0 Å². The van der Waals surface area contributed by atoms with Crippen molar-refractivity contribution in [2.45, 2.75) is 38.4 Å². The molecule has 0 aliphatic carbocycles. The second-order valence-electron chi connectivity index (χ2n) is 8.77. The Hall–Kier alpha value is -3.57. The molecule has 0 radical (unpaired) electrons. The summed E-state index contributed by atoms with van der Waals surface area (Å²) in [4.78, 5) is 38.0. The Morgan fingerprint density at radius 2 is 1.09 bits per heavy atom. The fourth-order valence-corrected chi connectivity index (χ4v) is 4.74. The molecule has 1 fully saturated rings. The van der Waals surface area contributed by atoms with Crippen LogP contribution in [0.4, 0.5) is 0 Å². The zero-order valence-electron chi connectivity index (χ0n) is 19.0. The molecule has 2 atom stereocenters. The maximum Gasteiger partial charge on any atom is 0.239 e. The predicted molar refractivity (Wildman–Crippen MR) is 128 cm³/mol. The second-order valence-corrected chi connectivity index (χ2v) is 8.77. The van der Waals surface area contributed by atoms with E-state index in [0.29, 0.717) is 0 Å². The molecule has 2 N–H and O–H groups in total. The van der Waals surface area contributed by atoms with Crippen molar-refractivity contribution in [3.63, 3.8) is 0 Å². The van der Waals surface area contributed by atoms with Gasteiger partial charge in [0.1, 0.15) is 23.0 Å². The normalized spacial score (nSPS) is 18.2. The summed E-state index contributed by atoms with van der Waals surface area (Å²) >= 11 is 0. The Morgan fingerprint density at radius 1 is 0.727 bits per heavy atom. The largest absolute Gasteiger partial charge is 0.348 e. The average molecular weight is 441 g/mol. The smallest absolute Gasteiger partial charge is 0.239 e. The minimum atomic E-state index is -1.32. The third-order valence-electron chi connectivity index (χ3n) is 6.99. The van der Waals surface area contributed by atoms with Gasteiger partial charge in [-0.15, -0.1) is 0 Å². The Bertz CT molecular complexity index is 1050. The molecule has 0 bridgehead atoms. The zero-order chi connectivity index (χ0) is 23.6. The summed E-state index contributed by atoms with van der Waals surface area (Å²) in [7, 11) is 0. The zero-order valence-corrected chi connectivity index (χ0v) is 19.0. The fraction of sp³-hybridized carbons (Fsp3) is 0.250. The van der Waals surface area contributed by atoms with Crippen LogP contribution in [0.2, 0.25) is 0 Å². The number of carbonyl (C=O) groups excluding carboxylic acids is 3. The van der Waals surface area contributed by atoms with Gasteiger partial charge in [0.15, 0.2) is 0 Å². The van der Waals surface area contributed by atoms with Crippen LogP contribution < -0.4 is 10.6 Å². The van der Waals surface area contributed by atoms with Crippen molar-refractivity contribution in [3.05, 3.63) is 108 Å². The highest BCUT2D eigenvalue weighted by atomic mass is 16.2. The molecule has 33 heavy (non-hydrogen) atoms. The Kier molecular flexibility index (Phi) is 6.00. The molecule has 1 heterocycles. The van der Waals surface area contributed by atoms with Crippen molar-refractivity contribution >= 4 is 17.5 Å². The highest BCUT2D eigenvalue weighted by Crippen LogP contribution is 2.40. The Balaban J connectivity index is 1.92. The van der Waals surface area contributed by atoms with E-state index >= 15 is 0 Å². The number of ketones is 2. The number of rotatable bonds is 8. The number of amides is 1. The van der Waals surface area contributed by atoms with Gasteiger partial charge in [0.25, 0.3) is 0 Å². The summed E-state index contributed by atoms with van der Waals surface area (Å²) < 4.78 is 0. The summed E-state index contributed by atoms with van der Waals surface area (Å²) in [6.07, 6.45) is 0. The minimum Gasteiger partial charge on any atom is -0.348 e. The number of Topliss-reactive ketones (excluding diaryl/α,β-unsaturated/α-hetero) is 2. The maximum atomic E-state index is 12.9. The molecule has 4 rings (SSSR count). The van der Waals surface area contributed by atoms with Gasteiger partial charge in [-0.3, -0.25) is 19.7 Å². The first-order valence-electron chi connectivity index (χ1n) is 11.1. The van der Waals surface area contributed by atoms with E-state index in [4.69, 9.17) is 0 Å². The van der Waals surface area contributed by atoms with E-state index in [9.17, 15) is 14.4 Å². The molecule has 1 amide bonds. The SMILES string of the molecule is CC(=O)C(C)(C(C)=O)C1NC(=O)C1NC(c1ccccc1)(c1ccccc1)c1ccccc1. The summed E-state index contributed by atoms with van der Waals surface area (Å²) in [5.74, 6) is -0.769. The molecular weight excluding hydrogens is 412 g/mol.